The van der Waals surface area contributed by atoms with Crippen molar-refractivity contribution < 1.29 is 9.59 Å². The highest BCUT2D eigenvalue weighted by atomic mass is 16.2. The molecule has 6 heteroatoms. The molecule has 4 rings (SSSR count). The number of carbonyl (C=O) groups is 2. The van der Waals surface area contributed by atoms with Crippen molar-refractivity contribution in [1.29, 1.82) is 0 Å². The summed E-state index contributed by atoms with van der Waals surface area (Å²) in [6, 6.07) is 10.4. The lowest BCUT2D eigenvalue weighted by Crippen LogP contribution is -2.38. The second-order valence-corrected chi connectivity index (χ2v) is 8.05. The largest absolute Gasteiger partial charge is 0.342 e. The lowest BCUT2D eigenvalue weighted by atomic mass is 10.0. The normalized spacial score (nSPS) is 18.8. The molecule has 3 heterocycles. The maximum atomic E-state index is 12.7. The molecule has 0 unspecified atom stereocenters. The van der Waals surface area contributed by atoms with Crippen LogP contribution in [0.25, 0.3) is 0 Å². The van der Waals surface area contributed by atoms with Gasteiger partial charge in [-0.15, -0.1) is 0 Å². The second-order valence-electron chi connectivity index (χ2n) is 8.05. The Kier molecular flexibility index (Phi) is 5.60. The van der Waals surface area contributed by atoms with Crippen LogP contribution in [0.5, 0.6) is 0 Å². The average molecular weight is 393 g/mol. The first kappa shape index (κ1) is 19.6. The number of aryl methyl sites for hydroxylation is 2. The maximum Gasteiger partial charge on any atom is 0.228 e. The Morgan fingerprint density at radius 3 is 2.69 bits per heavy atom. The standard InChI is InChI=1S/C23H28N4O2/c1-16-20-10-11-21(29)27(13-6-9-18-7-4-3-5-8-18)23(20)25-22(24-16)19-12-14-26(15-19)17(2)28/h3-5,7-8,19H,6,9-15H2,1-2H3/t19-/m1/s1. The molecule has 152 valence electrons. The summed E-state index contributed by atoms with van der Waals surface area (Å²) in [7, 11) is 0. The van der Waals surface area contributed by atoms with Gasteiger partial charge in [-0.2, -0.15) is 0 Å². The molecule has 0 radical (unpaired) electrons. The zero-order chi connectivity index (χ0) is 20.4. The van der Waals surface area contributed by atoms with E-state index < -0.39 is 0 Å². The van der Waals surface area contributed by atoms with E-state index in [0.717, 1.165) is 48.7 Å². The van der Waals surface area contributed by atoms with Crippen LogP contribution in [0.15, 0.2) is 30.3 Å². The molecular formula is C23H28N4O2. The summed E-state index contributed by atoms with van der Waals surface area (Å²) in [4.78, 5) is 37.7. The van der Waals surface area contributed by atoms with E-state index in [1.165, 1.54) is 5.56 Å². The molecule has 0 N–H and O–H groups in total. The number of fused-ring (bicyclic) bond motifs is 1. The first-order valence-corrected chi connectivity index (χ1v) is 10.5. The minimum Gasteiger partial charge on any atom is -0.342 e. The minimum absolute atomic E-state index is 0.0971. The molecule has 0 bridgehead atoms. The van der Waals surface area contributed by atoms with Gasteiger partial charge in [0.2, 0.25) is 11.8 Å². The van der Waals surface area contributed by atoms with Crippen molar-refractivity contribution in [2.75, 3.05) is 24.5 Å². The van der Waals surface area contributed by atoms with Crippen molar-refractivity contribution in [3.63, 3.8) is 0 Å². The van der Waals surface area contributed by atoms with Gasteiger partial charge >= 0.3 is 0 Å². The fraction of sp³-hybridized carbons (Fsp3) is 0.478. The van der Waals surface area contributed by atoms with Crippen LogP contribution in [0.1, 0.15) is 54.7 Å². The number of hydrogen-bond donors (Lipinski definition) is 0. The van der Waals surface area contributed by atoms with Crippen LogP contribution >= 0.6 is 0 Å². The van der Waals surface area contributed by atoms with Crippen LogP contribution in [0.3, 0.4) is 0 Å². The zero-order valence-corrected chi connectivity index (χ0v) is 17.2. The van der Waals surface area contributed by atoms with Crippen molar-refractivity contribution in [3.05, 3.63) is 53.0 Å². The molecule has 2 amide bonds. The number of nitrogens with zero attached hydrogens (tertiary/aromatic N) is 4. The highest BCUT2D eigenvalue weighted by Crippen LogP contribution is 2.32. The monoisotopic (exact) mass is 392 g/mol. The number of anilines is 1. The molecule has 1 atom stereocenters. The van der Waals surface area contributed by atoms with Gasteiger partial charge in [0, 0.05) is 50.2 Å². The SMILES string of the molecule is CC(=O)N1CC[C@@H](c2nc(C)c3c(n2)N(CCCc2ccccc2)C(=O)CC3)C1. The number of benzene rings is 1. The molecular weight excluding hydrogens is 364 g/mol. The van der Waals surface area contributed by atoms with E-state index in [9.17, 15) is 9.59 Å². The summed E-state index contributed by atoms with van der Waals surface area (Å²) >= 11 is 0. The highest BCUT2D eigenvalue weighted by molar-refractivity contribution is 5.95. The van der Waals surface area contributed by atoms with Gasteiger partial charge in [-0.1, -0.05) is 30.3 Å². The topological polar surface area (TPSA) is 66.4 Å². The van der Waals surface area contributed by atoms with Crippen LogP contribution in [0, 0.1) is 6.92 Å². The summed E-state index contributed by atoms with van der Waals surface area (Å²) in [6.07, 6.45) is 3.94. The summed E-state index contributed by atoms with van der Waals surface area (Å²) < 4.78 is 0. The quantitative estimate of drug-likeness (QED) is 0.784. The molecule has 0 saturated carbocycles. The third kappa shape index (κ3) is 4.16. The van der Waals surface area contributed by atoms with Gasteiger partial charge < -0.3 is 4.90 Å². The lowest BCUT2D eigenvalue weighted by molar-refractivity contribution is -0.127. The number of amides is 2. The molecule has 29 heavy (non-hydrogen) atoms. The highest BCUT2D eigenvalue weighted by Gasteiger charge is 2.32. The summed E-state index contributed by atoms with van der Waals surface area (Å²) in [6.45, 7) is 5.70. The Hall–Kier alpha value is -2.76. The van der Waals surface area contributed by atoms with Gasteiger partial charge in [0.15, 0.2) is 0 Å². The average Bonchev–Trinajstić information content (AvgIpc) is 3.21. The van der Waals surface area contributed by atoms with Crippen molar-refractivity contribution >= 4 is 17.6 Å². The fourth-order valence-corrected chi connectivity index (χ4v) is 4.36. The maximum absolute atomic E-state index is 12.7. The van der Waals surface area contributed by atoms with Crippen molar-refractivity contribution in [2.24, 2.45) is 0 Å². The molecule has 1 fully saturated rings. The molecule has 2 aliphatic heterocycles. The van der Waals surface area contributed by atoms with Gasteiger partial charge in [0.1, 0.15) is 11.6 Å². The Bertz CT molecular complexity index is 913. The molecule has 1 aromatic heterocycles. The molecule has 1 aromatic carbocycles. The van der Waals surface area contributed by atoms with Crippen LogP contribution in [0.2, 0.25) is 0 Å². The Balaban J connectivity index is 1.54. The van der Waals surface area contributed by atoms with Gasteiger partial charge in [0.25, 0.3) is 0 Å². The molecule has 2 aromatic rings. The molecule has 0 aliphatic carbocycles. The van der Waals surface area contributed by atoms with Crippen molar-refractivity contribution in [2.45, 2.75) is 51.9 Å². The number of carbonyl (C=O) groups excluding carboxylic acids is 2. The van der Waals surface area contributed by atoms with Gasteiger partial charge in [-0.05, 0) is 38.2 Å². The van der Waals surface area contributed by atoms with E-state index in [1.54, 1.807) is 6.92 Å². The van der Waals surface area contributed by atoms with E-state index in [0.29, 0.717) is 25.9 Å². The lowest BCUT2D eigenvalue weighted by Gasteiger charge is -2.30. The smallest absolute Gasteiger partial charge is 0.228 e. The van der Waals surface area contributed by atoms with Crippen LogP contribution in [-0.2, 0) is 22.4 Å². The zero-order valence-electron chi connectivity index (χ0n) is 17.2. The van der Waals surface area contributed by atoms with Gasteiger partial charge in [-0.3, -0.25) is 14.5 Å². The Morgan fingerprint density at radius 2 is 1.97 bits per heavy atom. The summed E-state index contributed by atoms with van der Waals surface area (Å²) in [5.74, 6) is 1.95. The summed E-state index contributed by atoms with van der Waals surface area (Å²) in [5, 5.41) is 0. The van der Waals surface area contributed by atoms with Crippen LogP contribution in [-0.4, -0.2) is 46.3 Å². The third-order valence-corrected chi connectivity index (χ3v) is 6.04. The van der Waals surface area contributed by atoms with Gasteiger partial charge in [-0.25, -0.2) is 9.97 Å². The Morgan fingerprint density at radius 1 is 1.17 bits per heavy atom. The number of rotatable bonds is 5. The van der Waals surface area contributed by atoms with E-state index in [-0.39, 0.29) is 17.7 Å². The first-order valence-electron chi connectivity index (χ1n) is 10.5. The summed E-state index contributed by atoms with van der Waals surface area (Å²) in [5.41, 5.74) is 3.34. The van der Waals surface area contributed by atoms with E-state index in [2.05, 4.69) is 12.1 Å². The molecule has 0 spiro atoms. The fourth-order valence-electron chi connectivity index (χ4n) is 4.36. The van der Waals surface area contributed by atoms with Gasteiger partial charge in [0.05, 0.1) is 0 Å². The predicted molar refractivity (Wildman–Crippen MR) is 112 cm³/mol. The molecule has 2 aliphatic rings. The number of hydrogen-bond acceptors (Lipinski definition) is 4. The minimum atomic E-state index is 0.0971. The van der Waals surface area contributed by atoms with E-state index >= 15 is 0 Å². The third-order valence-electron chi connectivity index (χ3n) is 6.04. The van der Waals surface area contributed by atoms with E-state index in [1.807, 2.05) is 34.9 Å². The van der Waals surface area contributed by atoms with Crippen molar-refractivity contribution in [1.82, 2.24) is 14.9 Å². The van der Waals surface area contributed by atoms with Crippen LogP contribution < -0.4 is 4.90 Å². The van der Waals surface area contributed by atoms with E-state index in [4.69, 9.17) is 9.97 Å². The first-order chi connectivity index (χ1) is 14.0. The second kappa shape index (κ2) is 8.31. The predicted octanol–water partition coefficient (Wildman–Crippen LogP) is 3.03. The molecule has 1 saturated heterocycles. The van der Waals surface area contributed by atoms with Crippen molar-refractivity contribution in [3.8, 4) is 0 Å². The number of aromatic nitrogens is 2. The number of likely N-dealkylation sites (tertiary alicyclic amines) is 1. The molecule has 6 nitrogen and oxygen atoms in total. The van der Waals surface area contributed by atoms with Crippen LogP contribution in [0.4, 0.5) is 5.82 Å². The Labute approximate surface area is 172 Å².